The van der Waals surface area contributed by atoms with Crippen LogP contribution in [0.4, 0.5) is 4.79 Å². The standard InChI is InChI=1S/C10H16N2O3S.Ni/c13-8(14)4-2-1-3-7-9-6(5-16-7)11-10(15)12-9;/h6-7,9H,1-5H2,(H,13,14)(H2,11,12,15);/t6-,7-,9-;/m0./s1. The van der Waals surface area contributed by atoms with E-state index < -0.39 is 5.97 Å². The molecule has 5 nitrogen and oxygen atoms in total. The van der Waals surface area contributed by atoms with Gasteiger partial charge in [-0.3, -0.25) is 4.79 Å². The molecule has 0 aliphatic carbocycles. The van der Waals surface area contributed by atoms with Gasteiger partial charge in [0.2, 0.25) is 0 Å². The molecule has 0 bridgehead atoms. The number of carbonyl (C=O) groups is 2. The predicted octanol–water partition coefficient (Wildman–Crippen LogP) is 0.794. The van der Waals surface area contributed by atoms with E-state index in [2.05, 4.69) is 10.6 Å². The van der Waals surface area contributed by atoms with Crippen LogP contribution >= 0.6 is 11.8 Å². The zero-order valence-electron chi connectivity index (χ0n) is 9.26. The molecule has 2 amide bonds. The molecule has 2 fully saturated rings. The van der Waals surface area contributed by atoms with Crippen molar-refractivity contribution >= 4 is 23.8 Å². The van der Waals surface area contributed by atoms with E-state index in [1.165, 1.54) is 0 Å². The average molecular weight is 303 g/mol. The molecule has 0 aromatic carbocycles. The van der Waals surface area contributed by atoms with Crippen LogP contribution in [-0.2, 0) is 21.3 Å². The molecule has 3 atom stereocenters. The number of aliphatic carboxylic acids is 1. The van der Waals surface area contributed by atoms with E-state index in [0.29, 0.717) is 5.25 Å². The van der Waals surface area contributed by atoms with Crippen molar-refractivity contribution < 1.29 is 31.2 Å². The van der Waals surface area contributed by atoms with Gasteiger partial charge < -0.3 is 15.7 Å². The third-order valence-electron chi connectivity index (χ3n) is 3.07. The number of carboxylic acid groups (broad SMARTS) is 1. The normalized spacial score (nSPS) is 30.1. The van der Waals surface area contributed by atoms with Gasteiger partial charge >= 0.3 is 12.0 Å². The molecule has 2 heterocycles. The topological polar surface area (TPSA) is 78.4 Å². The second kappa shape index (κ2) is 6.50. The van der Waals surface area contributed by atoms with E-state index in [1.807, 2.05) is 11.8 Å². The van der Waals surface area contributed by atoms with Crippen LogP contribution in [-0.4, -0.2) is 40.2 Å². The Labute approximate surface area is 114 Å². The number of hydrogen-bond acceptors (Lipinski definition) is 3. The number of carboxylic acids is 1. The maximum Gasteiger partial charge on any atom is 0.315 e. The summed E-state index contributed by atoms with van der Waals surface area (Å²) in [5, 5.41) is 14.8. The first-order valence-corrected chi connectivity index (χ1v) is 6.62. The molecule has 2 aliphatic heterocycles. The Morgan fingerprint density at radius 1 is 1.41 bits per heavy atom. The van der Waals surface area contributed by atoms with Gasteiger partial charge in [0.25, 0.3) is 0 Å². The average Bonchev–Trinajstić information content (AvgIpc) is 2.72. The van der Waals surface area contributed by atoms with Gasteiger partial charge in [-0.25, -0.2) is 4.79 Å². The molecule has 2 saturated heterocycles. The van der Waals surface area contributed by atoms with Crippen molar-refractivity contribution in [3.05, 3.63) is 0 Å². The summed E-state index contributed by atoms with van der Waals surface area (Å²) in [5.41, 5.74) is 0. The van der Waals surface area contributed by atoms with Crippen molar-refractivity contribution in [1.82, 2.24) is 10.6 Å². The van der Waals surface area contributed by atoms with Crippen LogP contribution < -0.4 is 10.6 Å². The van der Waals surface area contributed by atoms with Gasteiger partial charge in [-0.15, -0.1) is 0 Å². The third kappa shape index (κ3) is 3.78. The molecule has 17 heavy (non-hydrogen) atoms. The summed E-state index contributed by atoms with van der Waals surface area (Å²) < 4.78 is 0. The van der Waals surface area contributed by atoms with Crippen LogP contribution in [0.3, 0.4) is 0 Å². The molecule has 0 aromatic heterocycles. The Morgan fingerprint density at radius 2 is 2.18 bits per heavy atom. The number of amides is 2. The molecule has 100 valence electrons. The second-order valence-corrected chi connectivity index (χ2v) is 5.53. The molecule has 0 saturated carbocycles. The predicted molar refractivity (Wildman–Crippen MR) is 61.6 cm³/mol. The van der Waals surface area contributed by atoms with Gasteiger partial charge in [0, 0.05) is 33.9 Å². The smallest absolute Gasteiger partial charge is 0.315 e. The number of carbonyl (C=O) groups excluding carboxylic acids is 1. The number of fused-ring (bicyclic) bond motifs is 1. The Balaban J connectivity index is 0.00000144. The summed E-state index contributed by atoms with van der Waals surface area (Å²) >= 11 is 1.87. The summed E-state index contributed by atoms with van der Waals surface area (Å²) in [7, 11) is 0. The Morgan fingerprint density at radius 3 is 2.88 bits per heavy atom. The molecule has 2 rings (SSSR count). The largest absolute Gasteiger partial charge is 0.481 e. The molecule has 7 heteroatoms. The molecule has 0 spiro atoms. The van der Waals surface area contributed by atoms with E-state index in [9.17, 15) is 9.59 Å². The fraction of sp³-hybridized carbons (Fsp3) is 0.800. The summed E-state index contributed by atoms with van der Waals surface area (Å²) in [6.07, 6.45) is 2.88. The Kier molecular flexibility index (Phi) is 5.60. The zero-order valence-corrected chi connectivity index (χ0v) is 11.1. The fourth-order valence-corrected chi connectivity index (χ4v) is 3.81. The van der Waals surface area contributed by atoms with Gasteiger partial charge in [0.05, 0.1) is 12.1 Å². The van der Waals surface area contributed by atoms with Crippen LogP contribution in [0.25, 0.3) is 0 Å². The number of hydrogen-bond donors (Lipinski definition) is 3. The van der Waals surface area contributed by atoms with Gasteiger partial charge in [-0.1, -0.05) is 6.42 Å². The number of unbranched alkanes of at least 4 members (excludes halogenated alkanes) is 1. The van der Waals surface area contributed by atoms with Gasteiger partial charge in [0.15, 0.2) is 0 Å². The summed E-state index contributed by atoms with van der Waals surface area (Å²) in [6.45, 7) is 0. The summed E-state index contributed by atoms with van der Waals surface area (Å²) in [4.78, 5) is 21.5. The van der Waals surface area contributed by atoms with Crippen LogP contribution in [0.15, 0.2) is 0 Å². The first-order valence-electron chi connectivity index (χ1n) is 5.57. The van der Waals surface area contributed by atoms with E-state index in [1.54, 1.807) is 0 Å². The summed E-state index contributed by atoms with van der Waals surface area (Å²) in [6, 6.07) is 0.440. The van der Waals surface area contributed by atoms with Crippen LogP contribution in [0, 0.1) is 0 Å². The van der Waals surface area contributed by atoms with Gasteiger partial charge in [0.1, 0.15) is 0 Å². The van der Waals surface area contributed by atoms with Crippen molar-refractivity contribution in [2.45, 2.75) is 43.0 Å². The molecular weight excluding hydrogens is 287 g/mol. The van der Waals surface area contributed by atoms with E-state index >= 15 is 0 Å². The number of thioether (sulfide) groups is 1. The molecule has 0 unspecified atom stereocenters. The zero-order chi connectivity index (χ0) is 11.5. The fourth-order valence-electron chi connectivity index (χ4n) is 2.26. The van der Waals surface area contributed by atoms with E-state index in [-0.39, 0.29) is 41.0 Å². The number of rotatable bonds is 5. The summed E-state index contributed by atoms with van der Waals surface area (Å²) in [5.74, 6) is 0.236. The van der Waals surface area contributed by atoms with Crippen LogP contribution in [0.2, 0.25) is 0 Å². The van der Waals surface area contributed by atoms with Gasteiger partial charge in [-0.05, 0) is 12.8 Å². The van der Waals surface area contributed by atoms with Crippen molar-refractivity contribution in [1.29, 1.82) is 0 Å². The van der Waals surface area contributed by atoms with Crippen molar-refractivity contribution in [3.8, 4) is 0 Å². The maximum absolute atomic E-state index is 11.1. The molecule has 0 radical (unpaired) electrons. The van der Waals surface area contributed by atoms with Crippen molar-refractivity contribution in [3.63, 3.8) is 0 Å². The first kappa shape index (κ1) is 14.6. The van der Waals surface area contributed by atoms with Crippen molar-refractivity contribution in [2.24, 2.45) is 0 Å². The Bertz CT molecular complexity index is 303. The van der Waals surface area contributed by atoms with Gasteiger partial charge in [-0.2, -0.15) is 11.8 Å². The first-order chi connectivity index (χ1) is 7.66. The monoisotopic (exact) mass is 302 g/mol. The minimum absolute atomic E-state index is 0. The SMILES string of the molecule is O=C(O)CCCC[C@@H]1SC[C@@H]2NC(=O)N[C@@H]21.[Ni]. The molecular formula is C10H16N2NiO3S. The minimum atomic E-state index is -0.729. The second-order valence-electron chi connectivity index (χ2n) is 4.26. The van der Waals surface area contributed by atoms with Crippen LogP contribution in [0.1, 0.15) is 25.7 Å². The number of nitrogens with one attached hydrogen (secondary N) is 2. The van der Waals surface area contributed by atoms with E-state index in [0.717, 1.165) is 25.0 Å². The number of urea groups is 1. The molecule has 3 N–H and O–H groups in total. The van der Waals surface area contributed by atoms with Crippen LogP contribution in [0.5, 0.6) is 0 Å². The third-order valence-corrected chi connectivity index (χ3v) is 4.58. The maximum atomic E-state index is 11.1. The Hall–Kier alpha value is -0.416. The van der Waals surface area contributed by atoms with E-state index in [4.69, 9.17) is 5.11 Å². The quantitative estimate of drug-likeness (QED) is 0.399. The molecule has 0 aromatic rings. The molecule has 2 aliphatic rings. The minimum Gasteiger partial charge on any atom is -0.481 e. The van der Waals surface area contributed by atoms with Crippen molar-refractivity contribution in [2.75, 3.05) is 5.75 Å².